The zero-order chi connectivity index (χ0) is 21.9. The Morgan fingerprint density at radius 1 is 1.06 bits per heavy atom. The number of hydrogen-bond acceptors (Lipinski definition) is 5. The number of rotatable bonds is 12. The van der Waals surface area contributed by atoms with Crippen LogP contribution in [0.15, 0.2) is 53.3 Å². The molecule has 0 aliphatic rings. The number of ether oxygens (including phenoxy) is 2. The molecule has 0 saturated heterocycles. The fourth-order valence-corrected chi connectivity index (χ4v) is 3.24. The number of para-hydroxylation sites is 1. The predicted octanol–water partition coefficient (Wildman–Crippen LogP) is 3.12. The summed E-state index contributed by atoms with van der Waals surface area (Å²) in [5.41, 5.74) is 2.62. The molecule has 1 heterocycles. The summed E-state index contributed by atoms with van der Waals surface area (Å²) in [4.78, 5) is 31.6. The Labute approximate surface area is 181 Å². The number of carbonyl (C=O) groups is 1. The summed E-state index contributed by atoms with van der Waals surface area (Å²) in [6.07, 6.45) is 1.53. The van der Waals surface area contributed by atoms with Gasteiger partial charge in [-0.25, -0.2) is 4.98 Å². The number of hydrogen-bond donors (Lipinski definition) is 2. The molecule has 1 aromatic heterocycles. The molecule has 0 fully saturated rings. The quantitative estimate of drug-likeness (QED) is 0.437. The number of carbonyl (C=O) groups excluding carboxylic acids is 1. The smallest absolute Gasteiger partial charge is 0.258 e. The van der Waals surface area contributed by atoms with Gasteiger partial charge in [-0.1, -0.05) is 36.4 Å². The van der Waals surface area contributed by atoms with Crippen LogP contribution in [0.3, 0.4) is 0 Å². The van der Waals surface area contributed by atoms with Crippen LogP contribution in [0.2, 0.25) is 0 Å². The van der Waals surface area contributed by atoms with Crippen LogP contribution >= 0.6 is 0 Å². The van der Waals surface area contributed by atoms with Crippen molar-refractivity contribution in [2.45, 2.75) is 39.3 Å². The maximum atomic E-state index is 12.2. The third kappa shape index (κ3) is 7.31. The molecule has 31 heavy (non-hydrogen) atoms. The van der Waals surface area contributed by atoms with Crippen molar-refractivity contribution in [2.75, 3.05) is 19.8 Å². The van der Waals surface area contributed by atoms with Crippen molar-refractivity contribution in [3.8, 4) is 0 Å². The number of nitrogens with zero attached hydrogens (tertiary/aromatic N) is 1. The molecule has 164 valence electrons. The molecule has 0 atom stereocenters. The largest absolute Gasteiger partial charge is 0.379 e. The van der Waals surface area contributed by atoms with Crippen LogP contribution in [0.25, 0.3) is 10.9 Å². The molecule has 3 rings (SSSR count). The van der Waals surface area contributed by atoms with Gasteiger partial charge in [-0.05, 0) is 36.6 Å². The van der Waals surface area contributed by atoms with Gasteiger partial charge in [0.25, 0.3) is 5.56 Å². The molecule has 0 aliphatic carbocycles. The van der Waals surface area contributed by atoms with E-state index in [1.165, 1.54) is 0 Å². The van der Waals surface area contributed by atoms with Crippen molar-refractivity contribution in [2.24, 2.45) is 0 Å². The minimum absolute atomic E-state index is 0.0264. The maximum Gasteiger partial charge on any atom is 0.258 e. The second-order valence-electron chi connectivity index (χ2n) is 7.23. The summed E-state index contributed by atoms with van der Waals surface area (Å²) in [7, 11) is 0. The van der Waals surface area contributed by atoms with Crippen molar-refractivity contribution < 1.29 is 14.3 Å². The lowest BCUT2D eigenvalue weighted by Gasteiger charge is -2.08. The Hall–Kier alpha value is -3.03. The second-order valence-corrected chi connectivity index (χ2v) is 7.23. The molecule has 0 bridgehead atoms. The minimum atomic E-state index is -0.146. The summed E-state index contributed by atoms with van der Waals surface area (Å²) in [5.74, 6) is 0.579. The van der Waals surface area contributed by atoms with Gasteiger partial charge in [-0.3, -0.25) is 9.59 Å². The zero-order valence-electron chi connectivity index (χ0n) is 17.9. The fraction of sp³-hybridized carbons (Fsp3) is 0.375. The van der Waals surface area contributed by atoms with Crippen LogP contribution < -0.4 is 10.9 Å². The van der Waals surface area contributed by atoms with Crippen LogP contribution in [-0.4, -0.2) is 35.7 Å². The summed E-state index contributed by atoms with van der Waals surface area (Å²) < 4.78 is 10.8. The monoisotopic (exact) mass is 423 g/mol. The summed E-state index contributed by atoms with van der Waals surface area (Å²) in [6.45, 7) is 4.79. The van der Waals surface area contributed by atoms with Gasteiger partial charge in [0.15, 0.2) is 0 Å². The second kappa shape index (κ2) is 12.0. The Morgan fingerprint density at radius 3 is 2.74 bits per heavy atom. The molecule has 0 saturated carbocycles. The van der Waals surface area contributed by atoms with E-state index >= 15 is 0 Å². The number of H-pyrrole nitrogens is 1. The van der Waals surface area contributed by atoms with E-state index in [0.29, 0.717) is 69.0 Å². The van der Waals surface area contributed by atoms with Gasteiger partial charge in [0.2, 0.25) is 5.91 Å². The molecule has 2 N–H and O–H groups in total. The number of aromatic amines is 1. The fourth-order valence-electron chi connectivity index (χ4n) is 3.24. The first-order valence-corrected chi connectivity index (χ1v) is 10.6. The summed E-state index contributed by atoms with van der Waals surface area (Å²) in [6, 6.07) is 15.2. The molecule has 3 aromatic rings. The minimum Gasteiger partial charge on any atom is -0.379 e. The van der Waals surface area contributed by atoms with Crippen LogP contribution in [0.4, 0.5) is 0 Å². The van der Waals surface area contributed by atoms with E-state index in [2.05, 4.69) is 15.3 Å². The van der Waals surface area contributed by atoms with Gasteiger partial charge in [-0.2, -0.15) is 0 Å². The lowest BCUT2D eigenvalue weighted by Crippen LogP contribution is -2.22. The first-order chi connectivity index (χ1) is 15.2. The number of benzene rings is 2. The SMILES string of the molecule is CCOCCOCc1cccc(CNC(=O)CCCc2nc3ccccc3c(=O)[nH]2)c1. The van der Waals surface area contributed by atoms with Crippen LogP contribution in [-0.2, 0) is 33.8 Å². The maximum absolute atomic E-state index is 12.2. The first kappa shape index (κ1) is 22.7. The highest BCUT2D eigenvalue weighted by Gasteiger charge is 2.06. The van der Waals surface area contributed by atoms with Crippen LogP contribution in [0.5, 0.6) is 0 Å². The average Bonchev–Trinajstić information content (AvgIpc) is 2.78. The molecule has 2 aromatic carbocycles. The van der Waals surface area contributed by atoms with Gasteiger partial charge in [-0.15, -0.1) is 0 Å². The normalized spacial score (nSPS) is 11.0. The van der Waals surface area contributed by atoms with Crippen molar-refractivity contribution >= 4 is 16.8 Å². The van der Waals surface area contributed by atoms with Gasteiger partial charge < -0.3 is 19.8 Å². The predicted molar refractivity (Wildman–Crippen MR) is 120 cm³/mol. The number of fused-ring (bicyclic) bond motifs is 1. The van der Waals surface area contributed by atoms with E-state index in [1.54, 1.807) is 6.07 Å². The molecule has 7 heteroatoms. The van der Waals surface area contributed by atoms with Gasteiger partial charge >= 0.3 is 0 Å². The molecule has 7 nitrogen and oxygen atoms in total. The highest BCUT2D eigenvalue weighted by atomic mass is 16.5. The third-order valence-corrected chi connectivity index (χ3v) is 4.81. The van der Waals surface area contributed by atoms with Gasteiger partial charge in [0.1, 0.15) is 5.82 Å². The highest BCUT2D eigenvalue weighted by Crippen LogP contribution is 2.09. The van der Waals surface area contributed by atoms with Crippen molar-refractivity contribution in [3.05, 3.63) is 75.8 Å². The molecule has 0 radical (unpaired) electrons. The zero-order valence-corrected chi connectivity index (χ0v) is 17.9. The van der Waals surface area contributed by atoms with E-state index in [0.717, 1.165) is 11.1 Å². The Kier molecular flexibility index (Phi) is 8.75. The van der Waals surface area contributed by atoms with Crippen LogP contribution in [0, 0.1) is 0 Å². The summed E-state index contributed by atoms with van der Waals surface area (Å²) >= 11 is 0. The van der Waals surface area contributed by atoms with E-state index in [4.69, 9.17) is 9.47 Å². The molecule has 0 spiro atoms. The van der Waals surface area contributed by atoms with Gasteiger partial charge in [0.05, 0.1) is 30.7 Å². The highest BCUT2D eigenvalue weighted by molar-refractivity contribution is 5.77. The molecule has 0 unspecified atom stereocenters. The molecule has 0 aliphatic heterocycles. The van der Waals surface area contributed by atoms with Crippen LogP contribution in [0.1, 0.15) is 36.7 Å². The summed E-state index contributed by atoms with van der Waals surface area (Å²) in [5, 5.41) is 3.52. The van der Waals surface area contributed by atoms with E-state index in [9.17, 15) is 9.59 Å². The third-order valence-electron chi connectivity index (χ3n) is 4.81. The number of aromatic nitrogens is 2. The lowest BCUT2D eigenvalue weighted by atomic mass is 10.1. The molecule has 1 amide bonds. The van der Waals surface area contributed by atoms with Crippen molar-refractivity contribution in [1.29, 1.82) is 0 Å². The first-order valence-electron chi connectivity index (χ1n) is 10.6. The number of aryl methyl sites for hydroxylation is 1. The number of amides is 1. The average molecular weight is 424 g/mol. The molecular formula is C24H29N3O4. The topological polar surface area (TPSA) is 93.3 Å². The Balaban J connectivity index is 1.40. The Bertz CT molecular complexity index is 1050. The Morgan fingerprint density at radius 2 is 1.87 bits per heavy atom. The standard InChI is InChI=1S/C24H29N3O4/c1-2-30-13-14-31-17-19-8-5-7-18(15-19)16-25-23(28)12-6-11-22-26-21-10-4-3-9-20(21)24(29)27-22/h3-5,7-10,15H,2,6,11-14,16-17H2,1H3,(H,25,28)(H,26,27,29). The van der Waals surface area contributed by atoms with Crippen molar-refractivity contribution in [3.63, 3.8) is 0 Å². The van der Waals surface area contributed by atoms with E-state index in [-0.39, 0.29) is 11.5 Å². The molecular weight excluding hydrogens is 394 g/mol. The van der Waals surface area contributed by atoms with E-state index in [1.807, 2.05) is 49.4 Å². The van der Waals surface area contributed by atoms with E-state index < -0.39 is 0 Å². The number of nitrogens with one attached hydrogen (secondary N) is 2. The lowest BCUT2D eigenvalue weighted by molar-refractivity contribution is -0.121. The van der Waals surface area contributed by atoms with Gasteiger partial charge in [0, 0.05) is 26.0 Å². The van der Waals surface area contributed by atoms with Crippen molar-refractivity contribution in [1.82, 2.24) is 15.3 Å².